The number of hydrogen-bond acceptors (Lipinski definition) is 4. The van der Waals surface area contributed by atoms with Gasteiger partial charge in [-0.25, -0.2) is 19.6 Å². The van der Waals surface area contributed by atoms with Crippen molar-refractivity contribution in [3.05, 3.63) is 83.9 Å². The number of aromatic nitrogens is 2. The normalized spacial score (nSPS) is 10.7. The molecule has 6 nitrogen and oxygen atoms in total. The van der Waals surface area contributed by atoms with Gasteiger partial charge in [0.05, 0.1) is 33.5 Å². The summed E-state index contributed by atoms with van der Waals surface area (Å²) in [6.45, 7) is 0. The number of carboxylic acids is 2. The fourth-order valence-electron chi connectivity index (χ4n) is 2.94. The first kappa shape index (κ1) is 17.4. The van der Waals surface area contributed by atoms with Gasteiger partial charge in [-0.1, -0.05) is 36.4 Å². The van der Waals surface area contributed by atoms with Crippen molar-refractivity contribution in [3.8, 4) is 22.5 Å². The van der Waals surface area contributed by atoms with Crippen LogP contribution >= 0.6 is 0 Å². The summed E-state index contributed by atoms with van der Waals surface area (Å²) < 4.78 is 0. The molecule has 6 heteroatoms. The van der Waals surface area contributed by atoms with Crippen molar-refractivity contribution < 1.29 is 19.8 Å². The summed E-state index contributed by atoms with van der Waals surface area (Å²) in [7, 11) is 0. The smallest absolute Gasteiger partial charge is 0.335 e. The number of carboxylic acid groups (broad SMARTS) is 2. The lowest BCUT2D eigenvalue weighted by Crippen LogP contribution is -1.99. The Morgan fingerprint density at radius 1 is 0.571 bits per heavy atom. The van der Waals surface area contributed by atoms with Crippen LogP contribution in [0.2, 0.25) is 0 Å². The van der Waals surface area contributed by atoms with Gasteiger partial charge in [-0.15, -0.1) is 0 Å². The summed E-state index contributed by atoms with van der Waals surface area (Å²) in [6, 6.07) is 20.3. The summed E-state index contributed by atoms with van der Waals surface area (Å²) >= 11 is 0. The van der Waals surface area contributed by atoms with E-state index in [4.69, 9.17) is 20.2 Å². The first-order chi connectivity index (χ1) is 13.5. The maximum atomic E-state index is 11.1. The van der Waals surface area contributed by atoms with Gasteiger partial charge in [-0.3, -0.25) is 0 Å². The van der Waals surface area contributed by atoms with Crippen molar-refractivity contribution in [1.82, 2.24) is 9.97 Å². The summed E-state index contributed by atoms with van der Waals surface area (Å²) in [6.07, 6.45) is 0. The van der Waals surface area contributed by atoms with E-state index >= 15 is 0 Å². The highest BCUT2D eigenvalue weighted by Crippen LogP contribution is 2.31. The van der Waals surface area contributed by atoms with Gasteiger partial charge in [0.2, 0.25) is 0 Å². The zero-order valence-corrected chi connectivity index (χ0v) is 14.5. The molecule has 4 rings (SSSR count). The minimum absolute atomic E-state index is 0.185. The van der Waals surface area contributed by atoms with Crippen LogP contribution in [0.1, 0.15) is 20.7 Å². The van der Waals surface area contributed by atoms with Gasteiger partial charge in [0.15, 0.2) is 0 Å². The van der Waals surface area contributed by atoms with Crippen molar-refractivity contribution in [2.24, 2.45) is 0 Å². The zero-order chi connectivity index (χ0) is 19.7. The van der Waals surface area contributed by atoms with Crippen LogP contribution < -0.4 is 0 Å². The molecule has 28 heavy (non-hydrogen) atoms. The van der Waals surface area contributed by atoms with Crippen LogP contribution in [0.4, 0.5) is 0 Å². The molecule has 0 aliphatic heterocycles. The lowest BCUT2D eigenvalue weighted by atomic mass is 10.0. The quantitative estimate of drug-likeness (QED) is 0.554. The van der Waals surface area contributed by atoms with Gasteiger partial charge in [-0.05, 0) is 36.4 Å². The van der Waals surface area contributed by atoms with Crippen LogP contribution in [0.15, 0.2) is 72.8 Å². The Kier molecular flexibility index (Phi) is 4.29. The Morgan fingerprint density at radius 3 is 1.25 bits per heavy atom. The highest BCUT2D eigenvalue weighted by molar-refractivity contribution is 5.91. The van der Waals surface area contributed by atoms with Gasteiger partial charge < -0.3 is 10.2 Å². The molecular formula is C22H14N2O4. The molecule has 136 valence electrons. The van der Waals surface area contributed by atoms with Crippen LogP contribution in [0.5, 0.6) is 0 Å². The predicted octanol–water partition coefficient (Wildman–Crippen LogP) is 4.36. The van der Waals surface area contributed by atoms with E-state index in [2.05, 4.69) is 0 Å². The largest absolute Gasteiger partial charge is 0.478 e. The highest BCUT2D eigenvalue weighted by atomic mass is 16.4. The maximum absolute atomic E-state index is 11.1. The Hall–Kier alpha value is -4.06. The third kappa shape index (κ3) is 3.19. The molecule has 1 aromatic heterocycles. The highest BCUT2D eigenvalue weighted by Gasteiger charge is 2.14. The van der Waals surface area contributed by atoms with Crippen molar-refractivity contribution in [1.29, 1.82) is 0 Å². The standard InChI is InChI=1S/C22H14N2O4/c25-21(26)15-9-5-13(6-10-15)19-20(14-7-11-16(12-8-14)22(27)28)24-18-4-2-1-3-17(18)23-19/h1-12H,(H,25,26)(H,27,28). The summed E-state index contributed by atoms with van der Waals surface area (Å²) in [4.78, 5) is 31.7. The molecule has 0 unspecified atom stereocenters. The molecule has 0 saturated carbocycles. The van der Waals surface area contributed by atoms with Crippen molar-refractivity contribution in [3.63, 3.8) is 0 Å². The fraction of sp³-hybridized carbons (Fsp3) is 0. The van der Waals surface area contributed by atoms with E-state index in [0.717, 1.165) is 11.1 Å². The Labute approximate surface area is 159 Å². The Bertz CT molecular complexity index is 1100. The van der Waals surface area contributed by atoms with E-state index in [1.165, 1.54) is 24.3 Å². The van der Waals surface area contributed by atoms with Crippen LogP contribution in [0, 0.1) is 0 Å². The van der Waals surface area contributed by atoms with Crippen LogP contribution in [-0.4, -0.2) is 32.1 Å². The first-order valence-electron chi connectivity index (χ1n) is 8.47. The molecule has 1 heterocycles. The molecular weight excluding hydrogens is 356 g/mol. The van der Waals surface area contributed by atoms with E-state index < -0.39 is 11.9 Å². The number of aromatic carboxylic acids is 2. The molecule has 0 amide bonds. The third-order valence-electron chi connectivity index (χ3n) is 4.38. The molecule has 0 aliphatic carbocycles. The molecule has 0 bridgehead atoms. The fourth-order valence-corrected chi connectivity index (χ4v) is 2.94. The number of hydrogen-bond donors (Lipinski definition) is 2. The maximum Gasteiger partial charge on any atom is 0.335 e. The third-order valence-corrected chi connectivity index (χ3v) is 4.38. The molecule has 0 atom stereocenters. The summed E-state index contributed by atoms with van der Waals surface area (Å²) in [5.41, 5.74) is 4.43. The average molecular weight is 370 g/mol. The topological polar surface area (TPSA) is 100 Å². The molecule has 3 aromatic carbocycles. The van der Waals surface area contributed by atoms with Crippen LogP contribution in [-0.2, 0) is 0 Å². The molecule has 4 aromatic rings. The Morgan fingerprint density at radius 2 is 0.929 bits per heavy atom. The zero-order valence-electron chi connectivity index (χ0n) is 14.5. The molecule has 0 aliphatic rings. The van der Waals surface area contributed by atoms with Gasteiger partial charge in [0.25, 0.3) is 0 Å². The van der Waals surface area contributed by atoms with Crippen molar-refractivity contribution in [2.45, 2.75) is 0 Å². The summed E-state index contributed by atoms with van der Waals surface area (Å²) in [5.74, 6) is -2.00. The molecule has 2 N–H and O–H groups in total. The first-order valence-corrected chi connectivity index (χ1v) is 8.47. The van der Waals surface area contributed by atoms with E-state index in [9.17, 15) is 9.59 Å². The number of carbonyl (C=O) groups is 2. The minimum atomic E-state index is -0.999. The molecule has 0 saturated heterocycles. The van der Waals surface area contributed by atoms with Crippen molar-refractivity contribution in [2.75, 3.05) is 0 Å². The van der Waals surface area contributed by atoms with E-state index in [1.807, 2.05) is 24.3 Å². The number of para-hydroxylation sites is 2. The van der Waals surface area contributed by atoms with E-state index in [-0.39, 0.29) is 11.1 Å². The van der Waals surface area contributed by atoms with Crippen molar-refractivity contribution >= 4 is 23.0 Å². The number of fused-ring (bicyclic) bond motifs is 1. The van der Waals surface area contributed by atoms with Gasteiger partial charge in [0, 0.05) is 11.1 Å². The minimum Gasteiger partial charge on any atom is -0.478 e. The van der Waals surface area contributed by atoms with Gasteiger partial charge in [0.1, 0.15) is 0 Å². The SMILES string of the molecule is O=C(O)c1ccc(-c2nc3ccccc3nc2-c2ccc(C(=O)O)cc2)cc1. The second-order valence-corrected chi connectivity index (χ2v) is 6.17. The average Bonchev–Trinajstić information content (AvgIpc) is 2.73. The predicted molar refractivity (Wildman–Crippen MR) is 104 cm³/mol. The van der Waals surface area contributed by atoms with E-state index in [0.29, 0.717) is 22.4 Å². The Balaban J connectivity index is 1.91. The lowest BCUT2D eigenvalue weighted by molar-refractivity contribution is 0.0686. The molecule has 0 radical (unpaired) electrons. The van der Waals surface area contributed by atoms with Gasteiger partial charge in [-0.2, -0.15) is 0 Å². The van der Waals surface area contributed by atoms with Gasteiger partial charge >= 0.3 is 11.9 Å². The monoisotopic (exact) mass is 370 g/mol. The molecule has 0 fully saturated rings. The lowest BCUT2D eigenvalue weighted by Gasteiger charge is -2.11. The molecule has 0 spiro atoms. The number of nitrogens with zero attached hydrogens (tertiary/aromatic N) is 2. The van der Waals surface area contributed by atoms with E-state index in [1.54, 1.807) is 24.3 Å². The number of benzene rings is 3. The second kappa shape index (κ2) is 6.92. The van der Waals surface area contributed by atoms with Crippen LogP contribution in [0.25, 0.3) is 33.5 Å². The second-order valence-electron chi connectivity index (χ2n) is 6.17. The summed E-state index contributed by atoms with van der Waals surface area (Å²) in [5, 5.41) is 18.2. The van der Waals surface area contributed by atoms with Crippen LogP contribution in [0.3, 0.4) is 0 Å². The number of rotatable bonds is 4.